The van der Waals surface area contributed by atoms with Gasteiger partial charge in [0.05, 0.1) is 11.4 Å². The molecule has 0 saturated carbocycles. The van der Waals surface area contributed by atoms with Crippen LogP contribution in [0.2, 0.25) is 0 Å². The van der Waals surface area contributed by atoms with E-state index in [1.807, 2.05) is 18.2 Å². The summed E-state index contributed by atoms with van der Waals surface area (Å²) in [7, 11) is 0. The maximum absolute atomic E-state index is 13.3. The number of carboxylic acid groups (broad SMARTS) is 1. The van der Waals surface area contributed by atoms with Crippen molar-refractivity contribution in [3.63, 3.8) is 0 Å². The number of nitrogens with two attached hydrogens (primary N) is 1. The summed E-state index contributed by atoms with van der Waals surface area (Å²) < 4.78 is 13.3. The van der Waals surface area contributed by atoms with E-state index in [1.165, 1.54) is 6.07 Å². The van der Waals surface area contributed by atoms with E-state index >= 15 is 0 Å². The van der Waals surface area contributed by atoms with Gasteiger partial charge < -0.3 is 16.2 Å². The third-order valence-corrected chi connectivity index (χ3v) is 2.83. The van der Waals surface area contributed by atoms with Crippen LogP contribution in [0.4, 0.5) is 15.8 Å². The minimum Gasteiger partial charge on any atom is -0.478 e. The third-order valence-electron chi connectivity index (χ3n) is 2.83. The number of carbonyl (C=O) groups is 1. The summed E-state index contributed by atoms with van der Waals surface area (Å²) in [6.45, 7) is 0.475. The van der Waals surface area contributed by atoms with Gasteiger partial charge in [0.2, 0.25) is 0 Å². The fourth-order valence-electron chi connectivity index (χ4n) is 1.84. The molecule has 1 aromatic carbocycles. The van der Waals surface area contributed by atoms with Gasteiger partial charge in [0, 0.05) is 24.9 Å². The zero-order chi connectivity index (χ0) is 14.5. The van der Waals surface area contributed by atoms with Crippen molar-refractivity contribution in [1.82, 2.24) is 4.98 Å². The van der Waals surface area contributed by atoms with Gasteiger partial charge in [-0.25, -0.2) is 9.18 Å². The second-order valence-electron chi connectivity index (χ2n) is 4.19. The molecule has 0 bridgehead atoms. The molecule has 6 heteroatoms. The summed E-state index contributed by atoms with van der Waals surface area (Å²) in [5.41, 5.74) is 6.03. The molecule has 0 aliphatic carbocycles. The number of halogens is 1. The molecular weight excluding hydrogens is 261 g/mol. The summed E-state index contributed by atoms with van der Waals surface area (Å²) in [5, 5.41) is 12.0. The highest BCUT2D eigenvalue weighted by Crippen LogP contribution is 2.25. The van der Waals surface area contributed by atoms with Gasteiger partial charge in [-0.15, -0.1) is 0 Å². The lowest BCUT2D eigenvalue weighted by atomic mass is 10.1. The molecule has 0 radical (unpaired) electrons. The van der Waals surface area contributed by atoms with E-state index < -0.39 is 11.8 Å². The number of pyridine rings is 1. The largest absolute Gasteiger partial charge is 0.478 e. The molecule has 0 fully saturated rings. The van der Waals surface area contributed by atoms with E-state index in [2.05, 4.69) is 10.3 Å². The average molecular weight is 275 g/mol. The topological polar surface area (TPSA) is 88.2 Å². The Morgan fingerprint density at radius 1 is 1.35 bits per heavy atom. The Labute approximate surface area is 115 Å². The predicted molar refractivity (Wildman–Crippen MR) is 74.2 cm³/mol. The molecule has 2 aromatic rings. The van der Waals surface area contributed by atoms with Crippen LogP contribution >= 0.6 is 0 Å². The van der Waals surface area contributed by atoms with Crippen LogP contribution in [0.15, 0.2) is 36.5 Å². The van der Waals surface area contributed by atoms with E-state index in [-0.39, 0.29) is 11.3 Å². The number of aromatic carboxylic acids is 1. The van der Waals surface area contributed by atoms with Gasteiger partial charge in [-0.2, -0.15) is 0 Å². The lowest BCUT2D eigenvalue weighted by Gasteiger charge is -2.11. The first-order valence-electron chi connectivity index (χ1n) is 6.04. The number of anilines is 2. The molecule has 1 aromatic heterocycles. The highest BCUT2D eigenvalue weighted by atomic mass is 19.1. The van der Waals surface area contributed by atoms with Crippen molar-refractivity contribution >= 4 is 17.3 Å². The molecule has 0 amide bonds. The Kier molecular flexibility index (Phi) is 4.14. The molecule has 5 nitrogen and oxygen atoms in total. The maximum Gasteiger partial charge on any atom is 0.340 e. The molecule has 20 heavy (non-hydrogen) atoms. The predicted octanol–water partition coefficient (Wildman–Crippen LogP) is 2.16. The number of hydrogen-bond acceptors (Lipinski definition) is 4. The van der Waals surface area contributed by atoms with Gasteiger partial charge in [0.15, 0.2) is 0 Å². The molecule has 0 saturated heterocycles. The molecule has 0 aliphatic heterocycles. The van der Waals surface area contributed by atoms with Crippen molar-refractivity contribution in [3.05, 3.63) is 53.6 Å². The maximum atomic E-state index is 13.3. The monoisotopic (exact) mass is 275 g/mol. The third kappa shape index (κ3) is 3.03. The van der Waals surface area contributed by atoms with Gasteiger partial charge in [0.25, 0.3) is 0 Å². The van der Waals surface area contributed by atoms with Gasteiger partial charge in [-0.05, 0) is 24.3 Å². The van der Waals surface area contributed by atoms with Crippen LogP contribution in [0.3, 0.4) is 0 Å². The first-order chi connectivity index (χ1) is 9.59. The Bertz CT molecular complexity index is 617. The van der Waals surface area contributed by atoms with Crippen molar-refractivity contribution < 1.29 is 14.3 Å². The fraction of sp³-hybridized carbons (Fsp3) is 0.143. The molecule has 0 aliphatic rings. The van der Waals surface area contributed by atoms with Crippen LogP contribution in [0.25, 0.3) is 0 Å². The van der Waals surface area contributed by atoms with E-state index in [1.54, 1.807) is 6.20 Å². The van der Waals surface area contributed by atoms with Gasteiger partial charge in [0.1, 0.15) is 11.4 Å². The zero-order valence-corrected chi connectivity index (χ0v) is 10.6. The smallest absolute Gasteiger partial charge is 0.340 e. The fourth-order valence-corrected chi connectivity index (χ4v) is 1.84. The first kappa shape index (κ1) is 13.8. The second kappa shape index (κ2) is 6.01. The molecule has 0 atom stereocenters. The normalized spacial score (nSPS) is 10.2. The van der Waals surface area contributed by atoms with Crippen LogP contribution in [0, 0.1) is 5.82 Å². The number of nitrogens with one attached hydrogen (secondary N) is 1. The minimum atomic E-state index is -1.26. The van der Waals surface area contributed by atoms with Crippen molar-refractivity contribution in [3.8, 4) is 0 Å². The summed E-state index contributed by atoms with van der Waals surface area (Å²) in [6, 6.07) is 8.08. The van der Waals surface area contributed by atoms with E-state index in [0.717, 1.165) is 11.8 Å². The summed E-state index contributed by atoms with van der Waals surface area (Å²) >= 11 is 0. The number of rotatable bonds is 5. The zero-order valence-electron chi connectivity index (χ0n) is 10.6. The second-order valence-corrected chi connectivity index (χ2v) is 4.19. The van der Waals surface area contributed by atoms with Gasteiger partial charge in [-0.3, -0.25) is 4.98 Å². The number of nitrogen functional groups attached to an aromatic ring is 1. The van der Waals surface area contributed by atoms with Gasteiger partial charge >= 0.3 is 5.97 Å². The van der Waals surface area contributed by atoms with Crippen molar-refractivity contribution in [1.29, 1.82) is 0 Å². The molecule has 0 spiro atoms. The Morgan fingerprint density at radius 2 is 2.15 bits per heavy atom. The molecular formula is C14H14FN3O2. The van der Waals surface area contributed by atoms with Crippen LogP contribution in [-0.4, -0.2) is 22.6 Å². The molecule has 2 rings (SSSR count). The molecule has 1 heterocycles. The van der Waals surface area contributed by atoms with E-state index in [9.17, 15) is 9.18 Å². The Hall–Kier alpha value is -2.63. The van der Waals surface area contributed by atoms with Crippen molar-refractivity contribution in [2.45, 2.75) is 6.42 Å². The van der Waals surface area contributed by atoms with E-state index in [4.69, 9.17) is 10.8 Å². The lowest BCUT2D eigenvalue weighted by molar-refractivity contribution is 0.0698. The Morgan fingerprint density at radius 3 is 2.80 bits per heavy atom. The quantitative estimate of drug-likeness (QED) is 0.728. The Balaban J connectivity index is 2.10. The van der Waals surface area contributed by atoms with Crippen LogP contribution < -0.4 is 11.1 Å². The molecule has 104 valence electrons. The first-order valence-corrected chi connectivity index (χ1v) is 6.04. The van der Waals surface area contributed by atoms with Crippen LogP contribution in [0.1, 0.15) is 16.1 Å². The number of benzene rings is 1. The SMILES string of the molecule is Nc1c(F)ccc(NCCc2ccccn2)c1C(=O)O. The van der Waals surface area contributed by atoms with Gasteiger partial charge in [-0.1, -0.05) is 6.07 Å². The average Bonchev–Trinajstić information content (AvgIpc) is 2.43. The molecule has 4 N–H and O–H groups in total. The summed E-state index contributed by atoms with van der Waals surface area (Å²) in [4.78, 5) is 15.3. The number of nitrogens with zero attached hydrogens (tertiary/aromatic N) is 1. The highest BCUT2D eigenvalue weighted by Gasteiger charge is 2.17. The van der Waals surface area contributed by atoms with E-state index in [0.29, 0.717) is 18.7 Å². The standard InChI is InChI=1S/C14H14FN3O2/c15-10-4-5-11(12(13(10)16)14(19)20)18-8-6-9-3-1-2-7-17-9/h1-5,7,18H,6,8,16H2,(H,19,20). The van der Waals surface area contributed by atoms with Crippen LogP contribution in [0.5, 0.6) is 0 Å². The summed E-state index contributed by atoms with van der Waals surface area (Å²) in [6.07, 6.45) is 2.31. The van der Waals surface area contributed by atoms with Crippen molar-refractivity contribution in [2.24, 2.45) is 0 Å². The summed E-state index contributed by atoms with van der Waals surface area (Å²) in [5.74, 6) is -2.00. The minimum absolute atomic E-state index is 0.244. The molecule has 0 unspecified atom stereocenters. The van der Waals surface area contributed by atoms with Crippen molar-refractivity contribution in [2.75, 3.05) is 17.6 Å². The number of hydrogen-bond donors (Lipinski definition) is 3. The highest BCUT2D eigenvalue weighted by molar-refractivity contribution is 6.00. The number of carboxylic acids is 1. The number of aromatic nitrogens is 1. The lowest BCUT2D eigenvalue weighted by Crippen LogP contribution is -2.13. The van der Waals surface area contributed by atoms with Crippen LogP contribution in [-0.2, 0) is 6.42 Å².